The number of urea groups is 1. The van der Waals surface area contributed by atoms with Gasteiger partial charge >= 0.3 is 12.2 Å². The first-order chi connectivity index (χ1) is 14.1. The lowest BCUT2D eigenvalue weighted by Crippen LogP contribution is -2.41. The molecule has 2 aromatic rings. The Hall–Kier alpha value is -2.87. The summed E-state index contributed by atoms with van der Waals surface area (Å²) in [6.07, 6.45) is -3.04. The van der Waals surface area contributed by atoms with E-state index >= 15 is 0 Å². The molecule has 158 valence electrons. The van der Waals surface area contributed by atoms with Gasteiger partial charge in [0, 0.05) is 0 Å². The number of halogens is 3. The molecule has 8 heteroatoms. The third-order valence-corrected chi connectivity index (χ3v) is 5.91. The first-order valence-electron chi connectivity index (χ1n) is 9.71. The SMILES string of the molecule is CC1(c2ccc3c(c2)CCC3)NC(=O)N(CC(O)c2cccc(C(F)(F)F)c2)C1=O. The molecule has 1 heterocycles. The van der Waals surface area contributed by atoms with Crippen LogP contribution in [-0.2, 0) is 29.4 Å². The van der Waals surface area contributed by atoms with Gasteiger partial charge < -0.3 is 10.4 Å². The second-order valence-electron chi connectivity index (χ2n) is 7.95. The standard InChI is InChI=1S/C22H21F3N2O3/c1-21(16-9-8-13-4-2-5-14(13)10-16)19(29)27(20(30)26-21)12-18(28)15-6-3-7-17(11-15)22(23,24)25/h3,6-11,18,28H,2,4-5,12H2,1H3,(H,26,30). The zero-order valence-corrected chi connectivity index (χ0v) is 16.3. The molecule has 0 spiro atoms. The fourth-order valence-corrected chi connectivity index (χ4v) is 4.14. The zero-order chi connectivity index (χ0) is 21.7. The lowest BCUT2D eigenvalue weighted by atomic mass is 9.89. The fraction of sp³-hybridized carbons (Fsp3) is 0.364. The van der Waals surface area contributed by atoms with Crippen molar-refractivity contribution in [3.8, 4) is 0 Å². The number of amides is 3. The topological polar surface area (TPSA) is 69.6 Å². The van der Waals surface area contributed by atoms with Gasteiger partial charge in [0.15, 0.2) is 0 Å². The summed E-state index contributed by atoms with van der Waals surface area (Å²) in [6, 6.07) is 9.25. The predicted octanol–water partition coefficient (Wildman–Crippen LogP) is 3.69. The van der Waals surface area contributed by atoms with Gasteiger partial charge in [0.2, 0.25) is 0 Å². The number of nitrogens with zero attached hydrogens (tertiary/aromatic N) is 1. The predicted molar refractivity (Wildman–Crippen MR) is 102 cm³/mol. The van der Waals surface area contributed by atoms with Crippen molar-refractivity contribution in [2.75, 3.05) is 6.54 Å². The Morgan fingerprint density at radius 3 is 2.60 bits per heavy atom. The number of imide groups is 1. The number of alkyl halides is 3. The van der Waals surface area contributed by atoms with Crippen LogP contribution in [0.2, 0.25) is 0 Å². The van der Waals surface area contributed by atoms with Gasteiger partial charge in [-0.05, 0) is 60.6 Å². The number of rotatable bonds is 4. The van der Waals surface area contributed by atoms with E-state index in [4.69, 9.17) is 0 Å². The van der Waals surface area contributed by atoms with Crippen LogP contribution >= 0.6 is 0 Å². The number of aliphatic hydroxyl groups excluding tert-OH is 1. The molecule has 1 aliphatic heterocycles. The fourth-order valence-electron chi connectivity index (χ4n) is 4.14. The summed E-state index contributed by atoms with van der Waals surface area (Å²) in [4.78, 5) is 26.4. The molecule has 2 unspecified atom stereocenters. The van der Waals surface area contributed by atoms with Gasteiger partial charge in [0.05, 0.1) is 18.2 Å². The Labute approximate surface area is 171 Å². The molecule has 0 bridgehead atoms. The molecule has 2 N–H and O–H groups in total. The summed E-state index contributed by atoms with van der Waals surface area (Å²) in [5.74, 6) is -0.545. The molecular weight excluding hydrogens is 397 g/mol. The Kier molecular flexibility index (Phi) is 4.85. The normalized spacial score (nSPS) is 22.2. The molecule has 2 atom stereocenters. The number of benzene rings is 2. The third kappa shape index (κ3) is 3.45. The Bertz CT molecular complexity index is 1020. The second kappa shape index (κ2) is 7.12. The number of carbonyl (C=O) groups is 2. The molecule has 30 heavy (non-hydrogen) atoms. The van der Waals surface area contributed by atoms with Crippen molar-refractivity contribution in [2.45, 2.75) is 44.0 Å². The summed E-state index contributed by atoms with van der Waals surface area (Å²) in [5.41, 5.74) is 0.824. The van der Waals surface area contributed by atoms with Crippen molar-refractivity contribution >= 4 is 11.9 Å². The number of β-amino-alcohol motifs (C(OH)–C–C–N with tert-alkyl or cyclic N) is 1. The van der Waals surface area contributed by atoms with Crippen molar-refractivity contribution in [3.05, 3.63) is 70.3 Å². The average Bonchev–Trinajstić information content (AvgIpc) is 3.25. The van der Waals surface area contributed by atoms with Crippen LogP contribution in [0.4, 0.5) is 18.0 Å². The summed E-state index contributed by atoms with van der Waals surface area (Å²) in [7, 11) is 0. The molecule has 1 saturated heterocycles. The van der Waals surface area contributed by atoms with Crippen LogP contribution in [0.5, 0.6) is 0 Å². The van der Waals surface area contributed by atoms with Crippen molar-refractivity contribution in [3.63, 3.8) is 0 Å². The smallest absolute Gasteiger partial charge is 0.387 e. The van der Waals surface area contributed by atoms with Gasteiger partial charge in [-0.2, -0.15) is 13.2 Å². The monoisotopic (exact) mass is 418 g/mol. The van der Waals surface area contributed by atoms with E-state index in [1.165, 1.54) is 17.7 Å². The van der Waals surface area contributed by atoms with E-state index in [1.807, 2.05) is 18.2 Å². The summed E-state index contributed by atoms with van der Waals surface area (Å²) in [5, 5.41) is 13.1. The number of hydrogen-bond acceptors (Lipinski definition) is 3. The van der Waals surface area contributed by atoms with Crippen LogP contribution in [0.15, 0.2) is 42.5 Å². The first kappa shape index (κ1) is 20.4. The summed E-state index contributed by atoms with van der Waals surface area (Å²) >= 11 is 0. The van der Waals surface area contributed by atoms with E-state index < -0.39 is 41.9 Å². The maximum absolute atomic E-state index is 13.1. The number of nitrogens with one attached hydrogen (secondary N) is 1. The molecule has 0 saturated carbocycles. The number of carbonyl (C=O) groups excluding carboxylic acids is 2. The molecule has 2 aliphatic rings. The highest BCUT2D eigenvalue weighted by Crippen LogP contribution is 2.34. The van der Waals surface area contributed by atoms with Crippen LogP contribution < -0.4 is 5.32 Å². The highest BCUT2D eigenvalue weighted by Gasteiger charge is 2.49. The lowest BCUT2D eigenvalue weighted by molar-refractivity contribution is -0.138. The van der Waals surface area contributed by atoms with Gasteiger partial charge in [0.1, 0.15) is 5.54 Å². The quantitative estimate of drug-likeness (QED) is 0.744. The van der Waals surface area contributed by atoms with Crippen molar-refractivity contribution in [2.24, 2.45) is 0 Å². The third-order valence-electron chi connectivity index (χ3n) is 5.91. The molecule has 4 rings (SSSR count). The van der Waals surface area contributed by atoms with Crippen LogP contribution in [0.1, 0.15) is 47.3 Å². The maximum Gasteiger partial charge on any atom is 0.416 e. The highest BCUT2D eigenvalue weighted by molar-refractivity contribution is 6.07. The van der Waals surface area contributed by atoms with E-state index in [-0.39, 0.29) is 5.56 Å². The Morgan fingerprint density at radius 1 is 1.13 bits per heavy atom. The number of fused-ring (bicyclic) bond motifs is 1. The van der Waals surface area contributed by atoms with E-state index in [0.717, 1.165) is 41.9 Å². The summed E-state index contributed by atoms with van der Waals surface area (Å²) < 4.78 is 38.8. The number of aliphatic hydroxyl groups is 1. The maximum atomic E-state index is 13.1. The van der Waals surface area contributed by atoms with E-state index in [9.17, 15) is 27.9 Å². The second-order valence-corrected chi connectivity index (χ2v) is 7.95. The van der Waals surface area contributed by atoms with Gasteiger partial charge in [0.25, 0.3) is 5.91 Å². The Morgan fingerprint density at radius 2 is 1.87 bits per heavy atom. The molecule has 3 amide bonds. The van der Waals surface area contributed by atoms with E-state index in [2.05, 4.69) is 5.32 Å². The van der Waals surface area contributed by atoms with Gasteiger partial charge in [-0.15, -0.1) is 0 Å². The molecule has 0 radical (unpaired) electrons. The van der Waals surface area contributed by atoms with Crippen LogP contribution in [-0.4, -0.2) is 28.5 Å². The Balaban J connectivity index is 1.56. The minimum atomic E-state index is -4.55. The summed E-state index contributed by atoms with van der Waals surface area (Å²) in [6.45, 7) is 1.16. The van der Waals surface area contributed by atoms with Crippen molar-refractivity contribution < 1.29 is 27.9 Å². The van der Waals surface area contributed by atoms with Crippen LogP contribution in [0.3, 0.4) is 0 Å². The molecule has 1 fully saturated rings. The molecule has 1 aliphatic carbocycles. The van der Waals surface area contributed by atoms with E-state index in [0.29, 0.717) is 5.56 Å². The molecule has 2 aromatic carbocycles. The zero-order valence-electron chi connectivity index (χ0n) is 16.3. The molecular formula is C22H21F3N2O3. The minimum absolute atomic E-state index is 0.0171. The van der Waals surface area contributed by atoms with Gasteiger partial charge in [-0.1, -0.05) is 30.3 Å². The van der Waals surface area contributed by atoms with Gasteiger partial charge in [-0.25, -0.2) is 4.79 Å². The van der Waals surface area contributed by atoms with Crippen LogP contribution in [0.25, 0.3) is 0 Å². The number of aryl methyl sites for hydroxylation is 2. The highest BCUT2D eigenvalue weighted by atomic mass is 19.4. The van der Waals surface area contributed by atoms with Crippen LogP contribution in [0, 0.1) is 0 Å². The van der Waals surface area contributed by atoms with Gasteiger partial charge in [-0.3, -0.25) is 9.69 Å². The van der Waals surface area contributed by atoms with Crippen molar-refractivity contribution in [1.29, 1.82) is 0 Å². The lowest BCUT2D eigenvalue weighted by Gasteiger charge is -2.24. The minimum Gasteiger partial charge on any atom is -0.387 e. The van der Waals surface area contributed by atoms with Crippen molar-refractivity contribution in [1.82, 2.24) is 10.2 Å². The molecule has 0 aromatic heterocycles. The number of hydrogen-bond donors (Lipinski definition) is 2. The average molecular weight is 418 g/mol. The first-order valence-corrected chi connectivity index (χ1v) is 9.71. The van der Waals surface area contributed by atoms with E-state index in [1.54, 1.807) is 6.92 Å². The molecule has 5 nitrogen and oxygen atoms in total. The largest absolute Gasteiger partial charge is 0.416 e.